The van der Waals surface area contributed by atoms with Crippen molar-refractivity contribution in [2.75, 3.05) is 43.6 Å². The SMILES string of the molecule is COCN(C(=O)N(COCc1ccccc1)c1nc(OCC(F)(F)F)cc(OCC(F)(F)F)n1)c1ccc(C(F)(F)F)s1. The van der Waals surface area contributed by atoms with Crippen molar-refractivity contribution in [2.24, 2.45) is 0 Å². The molecule has 0 N–H and O–H groups in total. The van der Waals surface area contributed by atoms with Gasteiger partial charge in [0.25, 0.3) is 0 Å². The van der Waals surface area contributed by atoms with Crippen LogP contribution in [0.4, 0.5) is 55.3 Å². The summed E-state index contributed by atoms with van der Waals surface area (Å²) in [5.74, 6) is -2.69. The van der Waals surface area contributed by atoms with E-state index in [1.807, 2.05) is 0 Å². The van der Waals surface area contributed by atoms with Crippen LogP contribution < -0.4 is 19.3 Å². The summed E-state index contributed by atoms with van der Waals surface area (Å²) >= 11 is 0.170. The molecule has 0 unspecified atom stereocenters. The molecule has 0 fully saturated rings. The zero-order valence-corrected chi connectivity index (χ0v) is 22.6. The molecule has 0 saturated heterocycles. The lowest BCUT2D eigenvalue weighted by Crippen LogP contribution is -2.46. The first-order chi connectivity index (χ1) is 20.1. The van der Waals surface area contributed by atoms with Crippen LogP contribution in [0.2, 0.25) is 0 Å². The second-order valence-electron chi connectivity index (χ2n) is 8.31. The molecule has 0 spiro atoms. The number of methoxy groups -OCH3 is 1. The number of hydrogen-bond acceptors (Lipinski definition) is 8. The van der Waals surface area contributed by atoms with Crippen LogP contribution in [0.5, 0.6) is 11.8 Å². The van der Waals surface area contributed by atoms with E-state index in [0.717, 1.165) is 13.2 Å². The van der Waals surface area contributed by atoms with E-state index in [4.69, 9.17) is 9.47 Å². The van der Waals surface area contributed by atoms with Crippen LogP contribution >= 0.6 is 11.3 Å². The molecule has 3 rings (SSSR count). The zero-order chi connectivity index (χ0) is 31.8. The standard InChI is InChI=1S/C24H21F9N4O5S/c1-39-13-36(19-8-7-16(43-19)24(31,32)33)21(38)37(14-40-10-15-5-3-2-4-6-15)20-34-17(41-11-22(25,26)27)9-18(35-20)42-12-23(28,29)30/h2-9H,10-14H2,1H3. The molecule has 0 saturated carbocycles. The van der Waals surface area contributed by atoms with Crippen molar-refractivity contribution < 1.29 is 63.3 Å². The molecule has 9 nitrogen and oxygen atoms in total. The van der Waals surface area contributed by atoms with Gasteiger partial charge < -0.3 is 18.9 Å². The van der Waals surface area contributed by atoms with Crippen LogP contribution in [0, 0.1) is 0 Å². The molecule has 3 aromatic rings. The quantitative estimate of drug-likeness (QED) is 0.161. The van der Waals surface area contributed by atoms with Crippen LogP contribution in [0.1, 0.15) is 10.4 Å². The molecule has 0 aliphatic heterocycles. The largest absolute Gasteiger partial charge is 0.468 e. The number of rotatable bonds is 12. The maximum Gasteiger partial charge on any atom is 0.425 e. The number of anilines is 2. The maximum atomic E-state index is 13.7. The molecule has 19 heteroatoms. The molecule has 0 bridgehead atoms. The van der Waals surface area contributed by atoms with E-state index >= 15 is 0 Å². The molecule has 2 heterocycles. The Balaban J connectivity index is 2.03. The van der Waals surface area contributed by atoms with Crippen molar-refractivity contribution in [1.82, 2.24) is 9.97 Å². The van der Waals surface area contributed by atoms with Gasteiger partial charge in [0.15, 0.2) is 13.2 Å². The van der Waals surface area contributed by atoms with Crippen LogP contribution in [-0.4, -0.2) is 62.1 Å². The van der Waals surface area contributed by atoms with Crippen LogP contribution in [0.3, 0.4) is 0 Å². The number of carbonyl (C=O) groups is 1. The van der Waals surface area contributed by atoms with Crippen molar-refractivity contribution in [3.05, 3.63) is 59.0 Å². The van der Waals surface area contributed by atoms with Crippen molar-refractivity contribution >= 4 is 28.3 Å². The summed E-state index contributed by atoms with van der Waals surface area (Å²) in [5.41, 5.74) is 0.606. The topological polar surface area (TPSA) is 86.3 Å². The number of benzene rings is 1. The Morgan fingerprint density at radius 2 is 1.40 bits per heavy atom. The number of alkyl halides is 9. The summed E-state index contributed by atoms with van der Waals surface area (Å²) in [7, 11) is 1.12. The van der Waals surface area contributed by atoms with Gasteiger partial charge in [0.1, 0.15) is 23.3 Å². The molecule has 0 radical (unpaired) electrons. The number of thiophene rings is 1. The number of carbonyl (C=O) groups excluding carboxylic acids is 1. The third-order valence-corrected chi connectivity index (χ3v) is 6.02. The highest BCUT2D eigenvalue weighted by molar-refractivity contribution is 7.16. The smallest absolute Gasteiger partial charge is 0.425 e. The minimum atomic E-state index is -4.88. The molecule has 2 amide bonds. The molecule has 0 atom stereocenters. The second kappa shape index (κ2) is 14.1. The number of aromatic nitrogens is 2. The fourth-order valence-electron chi connectivity index (χ4n) is 3.11. The van der Waals surface area contributed by atoms with E-state index in [-0.39, 0.29) is 22.9 Å². The Morgan fingerprint density at radius 3 is 1.88 bits per heavy atom. The van der Waals surface area contributed by atoms with Gasteiger partial charge in [0.05, 0.1) is 12.7 Å². The van der Waals surface area contributed by atoms with Crippen molar-refractivity contribution in [2.45, 2.75) is 25.1 Å². The maximum absolute atomic E-state index is 13.7. The molecule has 0 aliphatic rings. The fraction of sp³-hybridized carbons (Fsp3) is 0.375. The van der Waals surface area contributed by atoms with Gasteiger partial charge in [-0.2, -0.15) is 49.5 Å². The Hall–Kier alpha value is -3.84. The van der Waals surface area contributed by atoms with Crippen molar-refractivity contribution in [3.63, 3.8) is 0 Å². The number of ether oxygens (including phenoxy) is 4. The minimum Gasteiger partial charge on any atom is -0.468 e. The van der Waals surface area contributed by atoms with Gasteiger partial charge >= 0.3 is 24.6 Å². The van der Waals surface area contributed by atoms with Gasteiger partial charge in [-0.05, 0) is 17.7 Å². The highest BCUT2D eigenvalue weighted by Crippen LogP contribution is 2.38. The third kappa shape index (κ3) is 10.7. The minimum absolute atomic E-state index is 0.145. The van der Waals surface area contributed by atoms with E-state index in [1.165, 1.54) is 0 Å². The first kappa shape index (κ1) is 33.7. The average molecular weight is 649 g/mol. The molecule has 43 heavy (non-hydrogen) atoms. The third-order valence-electron chi connectivity index (χ3n) is 4.87. The van der Waals surface area contributed by atoms with E-state index in [0.29, 0.717) is 27.5 Å². The summed E-state index contributed by atoms with van der Waals surface area (Å²) in [6, 6.07) is 9.36. The van der Waals surface area contributed by atoms with Crippen molar-refractivity contribution in [3.8, 4) is 11.8 Å². The lowest BCUT2D eigenvalue weighted by Gasteiger charge is -2.28. The number of urea groups is 1. The van der Waals surface area contributed by atoms with E-state index in [1.54, 1.807) is 30.3 Å². The predicted octanol–water partition coefficient (Wildman–Crippen LogP) is 6.65. The lowest BCUT2D eigenvalue weighted by atomic mass is 10.2. The molecule has 2 aromatic heterocycles. The number of nitrogens with zero attached hydrogens (tertiary/aromatic N) is 4. The molecule has 1 aromatic carbocycles. The summed E-state index contributed by atoms with van der Waals surface area (Å²) in [6.45, 7) is -5.37. The molecular formula is C24H21F9N4O5S. The second-order valence-corrected chi connectivity index (χ2v) is 9.37. The average Bonchev–Trinajstić information content (AvgIpc) is 3.42. The lowest BCUT2D eigenvalue weighted by molar-refractivity contribution is -0.154. The summed E-state index contributed by atoms with van der Waals surface area (Å²) in [5, 5.41) is -0.273. The zero-order valence-electron chi connectivity index (χ0n) is 21.8. The van der Waals surface area contributed by atoms with E-state index in [2.05, 4.69) is 19.4 Å². The van der Waals surface area contributed by atoms with Gasteiger partial charge in [-0.1, -0.05) is 30.3 Å². The highest BCUT2D eigenvalue weighted by atomic mass is 32.1. The van der Waals surface area contributed by atoms with Crippen LogP contribution in [0.15, 0.2) is 48.5 Å². The molecular weight excluding hydrogens is 627 g/mol. The first-order valence-corrected chi connectivity index (χ1v) is 12.5. The summed E-state index contributed by atoms with van der Waals surface area (Å²) in [6.07, 6.45) is -14.5. The first-order valence-electron chi connectivity index (χ1n) is 11.7. The van der Waals surface area contributed by atoms with E-state index < -0.39 is 73.8 Å². The predicted molar refractivity (Wildman–Crippen MR) is 133 cm³/mol. The number of hydrogen-bond donors (Lipinski definition) is 0. The van der Waals surface area contributed by atoms with Gasteiger partial charge in [0.2, 0.25) is 17.7 Å². The Labute approximate surface area is 241 Å². The molecule has 0 aliphatic carbocycles. The van der Waals surface area contributed by atoms with Crippen molar-refractivity contribution in [1.29, 1.82) is 0 Å². The monoisotopic (exact) mass is 648 g/mol. The van der Waals surface area contributed by atoms with Crippen LogP contribution in [0.25, 0.3) is 0 Å². The number of amides is 2. The Kier molecular flexibility index (Phi) is 11.0. The van der Waals surface area contributed by atoms with E-state index in [9.17, 15) is 44.3 Å². The number of halogens is 9. The van der Waals surface area contributed by atoms with Crippen LogP contribution in [-0.2, 0) is 22.3 Å². The highest BCUT2D eigenvalue weighted by Gasteiger charge is 2.36. The molecule has 236 valence electrons. The fourth-order valence-corrected chi connectivity index (χ4v) is 3.97. The summed E-state index contributed by atoms with van der Waals surface area (Å²) < 4.78 is 136. The Morgan fingerprint density at radius 1 is 0.814 bits per heavy atom. The normalized spacial score (nSPS) is 12.2. The van der Waals surface area contributed by atoms with Gasteiger partial charge in [-0.3, -0.25) is 4.90 Å². The van der Waals surface area contributed by atoms with Gasteiger partial charge in [0, 0.05) is 7.11 Å². The summed E-state index contributed by atoms with van der Waals surface area (Å²) in [4.78, 5) is 21.3. The van der Waals surface area contributed by atoms with Gasteiger partial charge in [-0.15, -0.1) is 11.3 Å². The van der Waals surface area contributed by atoms with Gasteiger partial charge in [-0.25, -0.2) is 9.69 Å². The Bertz CT molecular complexity index is 1300.